The average Bonchev–Trinajstić information content (AvgIpc) is 2.79. The molecule has 8 heteroatoms. The van der Waals surface area contributed by atoms with Crippen LogP contribution >= 0.6 is 23.4 Å². The standard InChI is InChI=1S/C13H16ClN5OS/c1-8(12(20)18(2)3)21-13-17-16-11(19(13)15)9-5-4-6-10(14)7-9/h4-8H,15H2,1-3H3/t8-/m0/s1. The first-order valence-electron chi connectivity index (χ1n) is 6.24. The number of nitrogens with two attached hydrogens (primary N) is 1. The summed E-state index contributed by atoms with van der Waals surface area (Å²) in [6, 6.07) is 7.20. The van der Waals surface area contributed by atoms with Crippen LogP contribution in [-0.4, -0.2) is 45.0 Å². The molecule has 1 atom stereocenters. The van der Waals surface area contributed by atoms with Crippen LogP contribution in [0.4, 0.5) is 0 Å². The van der Waals surface area contributed by atoms with E-state index in [1.54, 1.807) is 33.2 Å². The minimum absolute atomic E-state index is 0.00712. The molecule has 2 rings (SSSR count). The summed E-state index contributed by atoms with van der Waals surface area (Å²) in [7, 11) is 3.42. The van der Waals surface area contributed by atoms with E-state index in [9.17, 15) is 4.79 Å². The minimum atomic E-state index is -0.293. The maximum Gasteiger partial charge on any atom is 0.235 e. The SMILES string of the molecule is C[C@H](Sc1nnc(-c2cccc(Cl)c2)n1N)C(=O)N(C)C. The summed E-state index contributed by atoms with van der Waals surface area (Å²) in [5.41, 5.74) is 0.774. The van der Waals surface area contributed by atoms with Gasteiger partial charge < -0.3 is 10.7 Å². The highest BCUT2D eigenvalue weighted by Gasteiger charge is 2.21. The second kappa shape index (κ2) is 6.36. The monoisotopic (exact) mass is 325 g/mol. The Labute approximate surface area is 132 Å². The number of thioether (sulfide) groups is 1. The van der Waals surface area contributed by atoms with Gasteiger partial charge in [-0.2, -0.15) is 0 Å². The number of carbonyl (C=O) groups excluding carboxylic acids is 1. The predicted molar refractivity (Wildman–Crippen MR) is 84.6 cm³/mol. The van der Waals surface area contributed by atoms with Crippen molar-refractivity contribution in [2.24, 2.45) is 0 Å². The van der Waals surface area contributed by atoms with Gasteiger partial charge in [-0.25, -0.2) is 4.68 Å². The smallest absolute Gasteiger partial charge is 0.235 e. The van der Waals surface area contributed by atoms with Crippen molar-refractivity contribution < 1.29 is 4.79 Å². The molecular weight excluding hydrogens is 310 g/mol. The third-order valence-corrected chi connectivity index (χ3v) is 4.10. The number of benzene rings is 1. The molecule has 0 bridgehead atoms. The van der Waals surface area contributed by atoms with Gasteiger partial charge in [-0.15, -0.1) is 10.2 Å². The fourth-order valence-corrected chi connectivity index (χ4v) is 2.86. The third kappa shape index (κ3) is 3.48. The normalized spacial score (nSPS) is 12.2. The van der Waals surface area contributed by atoms with E-state index < -0.39 is 0 Å². The van der Waals surface area contributed by atoms with Crippen molar-refractivity contribution in [3.05, 3.63) is 29.3 Å². The Morgan fingerprint density at radius 1 is 1.43 bits per heavy atom. The quantitative estimate of drug-likeness (QED) is 0.686. The van der Waals surface area contributed by atoms with E-state index in [-0.39, 0.29) is 11.2 Å². The lowest BCUT2D eigenvalue weighted by Crippen LogP contribution is -2.30. The molecule has 2 aromatic rings. The van der Waals surface area contributed by atoms with Gasteiger partial charge in [0.1, 0.15) is 0 Å². The maximum atomic E-state index is 11.9. The van der Waals surface area contributed by atoms with Crippen molar-refractivity contribution in [1.82, 2.24) is 19.8 Å². The molecule has 112 valence electrons. The molecule has 21 heavy (non-hydrogen) atoms. The van der Waals surface area contributed by atoms with Gasteiger partial charge in [0.25, 0.3) is 0 Å². The predicted octanol–water partition coefficient (Wildman–Crippen LogP) is 1.88. The lowest BCUT2D eigenvalue weighted by molar-refractivity contribution is -0.127. The summed E-state index contributed by atoms with van der Waals surface area (Å²) >= 11 is 7.23. The highest BCUT2D eigenvalue weighted by molar-refractivity contribution is 8.00. The van der Waals surface area contributed by atoms with Gasteiger partial charge >= 0.3 is 0 Å². The first-order chi connectivity index (χ1) is 9.90. The van der Waals surface area contributed by atoms with Gasteiger partial charge in [0.05, 0.1) is 5.25 Å². The van der Waals surface area contributed by atoms with Crippen molar-refractivity contribution >= 4 is 29.3 Å². The molecule has 6 nitrogen and oxygen atoms in total. The molecule has 2 N–H and O–H groups in total. The minimum Gasteiger partial charge on any atom is -0.348 e. The maximum absolute atomic E-state index is 11.9. The zero-order chi connectivity index (χ0) is 15.6. The van der Waals surface area contributed by atoms with Crippen LogP contribution in [0.2, 0.25) is 5.02 Å². The van der Waals surface area contributed by atoms with Crippen molar-refractivity contribution in [1.29, 1.82) is 0 Å². The largest absolute Gasteiger partial charge is 0.348 e. The van der Waals surface area contributed by atoms with Gasteiger partial charge in [-0.05, 0) is 19.1 Å². The second-order valence-corrected chi connectivity index (χ2v) is 6.42. The van der Waals surface area contributed by atoms with Crippen LogP contribution in [0.3, 0.4) is 0 Å². The highest BCUT2D eigenvalue weighted by Crippen LogP contribution is 2.26. The number of aromatic nitrogens is 3. The summed E-state index contributed by atoms with van der Waals surface area (Å²) in [5, 5.41) is 8.89. The van der Waals surface area contributed by atoms with Crippen LogP contribution in [-0.2, 0) is 4.79 Å². The molecule has 0 spiro atoms. The molecular formula is C13H16ClN5OS. The highest BCUT2D eigenvalue weighted by atomic mass is 35.5. The fraction of sp³-hybridized carbons (Fsp3) is 0.308. The van der Waals surface area contributed by atoms with Gasteiger partial charge in [0.15, 0.2) is 5.82 Å². The molecule has 0 aliphatic rings. The molecule has 0 fully saturated rings. The van der Waals surface area contributed by atoms with E-state index in [4.69, 9.17) is 17.4 Å². The van der Waals surface area contributed by atoms with Gasteiger partial charge in [0, 0.05) is 24.7 Å². The Balaban J connectivity index is 2.23. The molecule has 1 aromatic carbocycles. The Hall–Kier alpha value is -1.73. The van der Waals surface area contributed by atoms with Crippen molar-refractivity contribution in [3.63, 3.8) is 0 Å². The zero-order valence-electron chi connectivity index (χ0n) is 11.9. The third-order valence-electron chi connectivity index (χ3n) is 2.82. The van der Waals surface area contributed by atoms with E-state index in [0.717, 1.165) is 5.56 Å². The van der Waals surface area contributed by atoms with Crippen LogP contribution in [0.5, 0.6) is 0 Å². The summed E-state index contributed by atoms with van der Waals surface area (Å²) in [6.45, 7) is 1.81. The molecule has 1 aromatic heterocycles. The molecule has 0 aliphatic heterocycles. The number of carbonyl (C=O) groups is 1. The number of amides is 1. The van der Waals surface area contributed by atoms with Crippen LogP contribution < -0.4 is 5.84 Å². The first-order valence-corrected chi connectivity index (χ1v) is 7.50. The Morgan fingerprint density at radius 2 is 2.14 bits per heavy atom. The topological polar surface area (TPSA) is 77.0 Å². The number of nitrogen functional groups attached to an aromatic ring is 1. The fourth-order valence-electron chi connectivity index (χ4n) is 1.75. The summed E-state index contributed by atoms with van der Waals surface area (Å²) < 4.78 is 1.37. The van der Waals surface area contributed by atoms with Crippen LogP contribution in [0, 0.1) is 0 Å². The first kappa shape index (κ1) is 15.7. The number of halogens is 1. The Bertz CT molecular complexity index is 658. The van der Waals surface area contributed by atoms with Crippen LogP contribution in [0.1, 0.15) is 6.92 Å². The molecule has 0 radical (unpaired) electrons. The number of hydrogen-bond donors (Lipinski definition) is 1. The molecule has 1 heterocycles. The molecule has 0 saturated heterocycles. The summed E-state index contributed by atoms with van der Waals surface area (Å²) in [6.07, 6.45) is 0. The average molecular weight is 326 g/mol. The summed E-state index contributed by atoms with van der Waals surface area (Å²) in [4.78, 5) is 13.4. The zero-order valence-corrected chi connectivity index (χ0v) is 13.5. The second-order valence-electron chi connectivity index (χ2n) is 4.68. The summed E-state index contributed by atoms with van der Waals surface area (Å²) in [5.74, 6) is 6.51. The Kier molecular flexibility index (Phi) is 4.74. The number of hydrogen-bond acceptors (Lipinski definition) is 5. The van der Waals surface area contributed by atoms with Crippen LogP contribution in [0.25, 0.3) is 11.4 Å². The van der Waals surface area contributed by atoms with Crippen LogP contribution in [0.15, 0.2) is 29.4 Å². The van der Waals surface area contributed by atoms with Crippen molar-refractivity contribution in [3.8, 4) is 11.4 Å². The van der Waals surface area contributed by atoms with Crippen molar-refractivity contribution in [2.45, 2.75) is 17.3 Å². The van der Waals surface area contributed by atoms with Gasteiger partial charge in [-0.3, -0.25) is 4.79 Å². The van der Waals surface area contributed by atoms with Crippen molar-refractivity contribution in [2.75, 3.05) is 19.9 Å². The van der Waals surface area contributed by atoms with Gasteiger partial charge in [-0.1, -0.05) is 35.5 Å². The number of rotatable bonds is 4. The van der Waals surface area contributed by atoms with E-state index in [1.165, 1.54) is 21.3 Å². The van der Waals surface area contributed by atoms with E-state index in [1.807, 2.05) is 12.1 Å². The lowest BCUT2D eigenvalue weighted by atomic mass is 10.2. The molecule has 0 unspecified atom stereocenters. The van der Waals surface area contributed by atoms with Gasteiger partial charge in [0.2, 0.25) is 11.1 Å². The van der Waals surface area contributed by atoms with E-state index in [2.05, 4.69) is 10.2 Å². The number of nitrogens with zero attached hydrogens (tertiary/aromatic N) is 4. The Morgan fingerprint density at radius 3 is 2.76 bits per heavy atom. The molecule has 0 aliphatic carbocycles. The molecule has 0 saturated carbocycles. The van der Waals surface area contributed by atoms with E-state index in [0.29, 0.717) is 16.0 Å². The van der Waals surface area contributed by atoms with E-state index >= 15 is 0 Å². The lowest BCUT2D eigenvalue weighted by Gasteiger charge is -2.15. The molecule has 1 amide bonds.